The number of aryl methyl sites for hydroxylation is 1. The van der Waals surface area contributed by atoms with Gasteiger partial charge in [-0.3, -0.25) is 14.5 Å². The molecule has 2 aromatic heterocycles. The Morgan fingerprint density at radius 3 is 2.58 bits per heavy atom. The van der Waals surface area contributed by atoms with Crippen LogP contribution in [0.25, 0.3) is 16.9 Å². The number of benzene rings is 2. The fourth-order valence-corrected chi connectivity index (χ4v) is 6.60. The van der Waals surface area contributed by atoms with Crippen LogP contribution in [-0.2, 0) is 9.59 Å². The first kappa shape index (κ1) is 24.3. The Morgan fingerprint density at radius 1 is 1.08 bits per heavy atom. The molecule has 0 radical (unpaired) electrons. The Bertz CT molecular complexity index is 1370. The van der Waals surface area contributed by atoms with Gasteiger partial charge in [-0.05, 0) is 36.4 Å². The van der Waals surface area contributed by atoms with E-state index in [0.29, 0.717) is 12.4 Å². The molecule has 1 aliphatic heterocycles. The van der Waals surface area contributed by atoms with E-state index in [2.05, 4.69) is 16.8 Å². The van der Waals surface area contributed by atoms with Gasteiger partial charge in [-0.1, -0.05) is 61.5 Å². The van der Waals surface area contributed by atoms with Crippen molar-refractivity contribution in [3.8, 4) is 16.9 Å². The van der Waals surface area contributed by atoms with Crippen LogP contribution in [0.1, 0.15) is 34.6 Å². The van der Waals surface area contributed by atoms with Crippen LogP contribution in [-0.4, -0.2) is 40.4 Å². The highest BCUT2D eigenvalue weighted by Gasteiger charge is 2.38. The number of amides is 2. The third-order valence-electron chi connectivity index (χ3n) is 6.16. The lowest BCUT2D eigenvalue weighted by Gasteiger charge is -2.23. The lowest BCUT2D eigenvalue weighted by Crippen LogP contribution is -2.42. The smallest absolute Gasteiger partial charge is 0.240 e. The minimum absolute atomic E-state index is 0.0463. The predicted molar refractivity (Wildman–Crippen MR) is 148 cm³/mol. The Kier molecular flexibility index (Phi) is 7.25. The Morgan fingerprint density at radius 2 is 1.86 bits per heavy atom. The van der Waals surface area contributed by atoms with Gasteiger partial charge in [-0.2, -0.15) is 5.10 Å². The van der Waals surface area contributed by atoms with Crippen LogP contribution >= 0.6 is 23.1 Å². The number of hydrogen-bond acceptors (Lipinski definition) is 5. The maximum Gasteiger partial charge on any atom is 0.240 e. The first-order chi connectivity index (χ1) is 17.6. The molecular formula is C28H28N4O2S2. The molecule has 1 atom stereocenters. The number of rotatable bonds is 7. The van der Waals surface area contributed by atoms with Gasteiger partial charge in [0, 0.05) is 22.5 Å². The molecule has 184 valence electrons. The van der Waals surface area contributed by atoms with E-state index in [9.17, 15) is 9.59 Å². The molecule has 3 heterocycles. The molecule has 0 aliphatic carbocycles. The topological polar surface area (TPSA) is 67.2 Å². The molecule has 2 amide bonds. The summed E-state index contributed by atoms with van der Waals surface area (Å²) in [5, 5.41) is 10.0. The summed E-state index contributed by atoms with van der Waals surface area (Å²) in [4.78, 5) is 29.3. The van der Waals surface area contributed by atoms with E-state index < -0.39 is 0 Å². The summed E-state index contributed by atoms with van der Waals surface area (Å²) in [5.74, 6) is 0.680. The second-order valence-electron chi connectivity index (χ2n) is 8.69. The van der Waals surface area contributed by atoms with E-state index in [0.717, 1.165) is 39.4 Å². The number of nitrogens with one attached hydrogen (secondary N) is 1. The Balaban J connectivity index is 1.79. The molecule has 5 rings (SSSR count). The number of anilines is 1. The fourth-order valence-electron chi connectivity index (χ4n) is 4.43. The van der Waals surface area contributed by atoms with Crippen molar-refractivity contribution >= 4 is 40.7 Å². The van der Waals surface area contributed by atoms with Crippen molar-refractivity contribution in [1.29, 1.82) is 0 Å². The molecule has 0 saturated heterocycles. The SMILES string of the molecule is CCCNC(=O)CN1C(=O)CSC(c2cccs2)c2c(-c3ccccc3)nn(-c3ccccc3C)c21. The van der Waals surface area contributed by atoms with Crippen molar-refractivity contribution in [1.82, 2.24) is 15.1 Å². The first-order valence-electron chi connectivity index (χ1n) is 12.0. The van der Waals surface area contributed by atoms with Crippen molar-refractivity contribution in [2.45, 2.75) is 25.5 Å². The van der Waals surface area contributed by atoms with Crippen LogP contribution in [0.3, 0.4) is 0 Å². The predicted octanol–water partition coefficient (Wildman–Crippen LogP) is 5.60. The monoisotopic (exact) mass is 516 g/mol. The molecule has 1 unspecified atom stereocenters. The molecule has 0 saturated carbocycles. The highest BCUT2D eigenvalue weighted by molar-refractivity contribution is 8.00. The van der Waals surface area contributed by atoms with Gasteiger partial charge in [-0.15, -0.1) is 23.1 Å². The minimum Gasteiger partial charge on any atom is -0.355 e. The first-order valence-corrected chi connectivity index (χ1v) is 14.0. The largest absolute Gasteiger partial charge is 0.355 e. The van der Waals surface area contributed by atoms with Gasteiger partial charge in [0.2, 0.25) is 11.8 Å². The number of para-hydroxylation sites is 1. The maximum absolute atomic E-state index is 13.6. The van der Waals surface area contributed by atoms with Gasteiger partial charge in [0.05, 0.1) is 22.4 Å². The summed E-state index contributed by atoms with van der Waals surface area (Å²) >= 11 is 3.27. The zero-order valence-corrected chi connectivity index (χ0v) is 21.9. The highest BCUT2D eigenvalue weighted by atomic mass is 32.2. The fraction of sp³-hybridized carbons (Fsp3) is 0.250. The van der Waals surface area contributed by atoms with E-state index >= 15 is 0 Å². The third kappa shape index (κ3) is 4.70. The minimum atomic E-state index is -0.172. The molecular weight excluding hydrogens is 488 g/mol. The molecule has 8 heteroatoms. The standard InChI is InChI=1S/C28H28N4O2S2/c1-3-15-29-23(33)17-31-24(34)18-36-27(22-14-9-16-35-22)25-26(20-11-5-4-6-12-20)30-32(28(25)31)21-13-8-7-10-19(21)2/h4-14,16,27H,3,15,17-18H2,1-2H3,(H,29,33). The van der Waals surface area contributed by atoms with Gasteiger partial charge >= 0.3 is 0 Å². The van der Waals surface area contributed by atoms with Crippen molar-refractivity contribution in [3.63, 3.8) is 0 Å². The number of fused-ring (bicyclic) bond motifs is 1. The molecule has 6 nitrogen and oxygen atoms in total. The normalized spacial score (nSPS) is 15.4. The molecule has 0 bridgehead atoms. The van der Waals surface area contributed by atoms with Crippen molar-refractivity contribution in [2.75, 3.05) is 23.7 Å². The number of thioether (sulfide) groups is 1. The Hall–Kier alpha value is -3.36. The van der Waals surface area contributed by atoms with Crippen LogP contribution in [0.15, 0.2) is 72.1 Å². The van der Waals surface area contributed by atoms with Crippen molar-refractivity contribution in [3.05, 3.63) is 88.1 Å². The zero-order chi connectivity index (χ0) is 25.1. The van der Waals surface area contributed by atoms with Crippen LogP contribution in [0.4, 0.5) is 5.82 Å². The van der Waals surface area contributed by atoms with Gasteiger partial charge in [0.25, 0.3) is 0 Å². The molecule has 4 aromatic rings. The second kappa shape index (κ2) is 10.7. The van der Waals surface area contributed by atoms with E-state index in [1.807, 2.05) is 79.2 Å². The molecule has 0 spiro atoms. The van der Waals surface area contributed by atoms with Crippen LogP contribution in [0.2, 0.25) is 0 Å². The average Bonchev–Trinajstić information content (AvgIpc) is 3.53. The maximum atomic E-state index is 13.6. The zero-order valence-electron chi connectivity index (χ0n) is 20.3. The van der Waals surface area contributed by atoms with E-state index in [1.54, 1.807) is 28.0 Å². The summed E-state index contributed by atoms with van der Waals surface area (Å²) in [6.45, 7) is 4.58. The highest BCUT2D eigenvalue weighted by Crippen LogP contribution is 2.49. The van der Waals surface area contributed by atoms with Crippen molar-refractivity contribution in [2.24, 2.45) is 0 Å². The lowest BCUT2D eigenvalue weighted by atomic mass is 10.0. The number of carbonyl (C=O) groups excluding carboxylic acids is 2. The summed E-state index contributed by atoms with van der Waals surface area (Å²) in [6.07, 6.45) is 0.834. The molecule has 36 heavy (non-hydrogen) atoms. The lowest BCUT2D eigenvalue weighted by molar-refractivity contribution is -0.122. The van der Waals surface area contributed by atoms with Crippen molar-refractivity contribution < 1.29 is 9.59 Å². The number of thiophene rings is 1. The second-order valence-corrected chi connectivity index (χ2v) is 10.8. The number of nitrogens with zero attached hydrogens (tertiary/aromatic N) is 3. The van der Waals surface area contributed by atoms with Gasteiger partial charge in [0.15, 0.2) is 0 Å². The third-order valence-corrected chi connectivity index (χ3v) is 8.48. The van der Waals surface area contributed by atoms with Gasteiger partial charge in [-0.25, -0.2) is 4.68 Å². The summed E-state index contributed by atoms with van der Waals surface area (Å²) < 4.78 is 1.87. The van der Waals surface area contributed by atoms with Crippen LogP contribution in [0.5, 0.6) is 0 Å². The molecule has 0 fully saturated rings. The number of aromatic nitrogens is 2. The average molecular weight is 517 g/mol. The van der Waals surface area contributed by atoms with E-state index in [-0.39, 0.29) is 29.4 Å². The van der Waals surface area contributed by atoms with Gasteiger partial charge in [0.1, 0.15) is 12.4 Å². The van der Waals surface area contributed by atoms with E-state index in [4.69, 9.17) is 5.10 Å². The van der Waals surface area contributed by atoms with Crippen LogP contribution in [0, 0.1) is 6.92 Å². The summed E-state index contributed by atoms with van der Waals surface area (Å²) in [7, 11) is 0. The number of hydrogen-bond donors (Lipinski definition) is 1. The van der Waals surface area contributed by atoms with E-state index in [1.165, 1.54) is 0 Å². The molecule has 2 aromatic carbocycles. The molecule has 1 aliphatic rings. The quantitative estimate of drug-likeness (QED) is 0.347. The van der Waals surface area contributed by atoms with Crippen LogP contribution < -0.4 is 10.2 Å². The Labute approximate surface area is 219 Å². The summed E-state index contributed by atoms with van der Waals surface area (Å²) in [6, 6.07) is 22.2. The summed E-state index contributed by atoms with van der Waals surface area (Å²) in [5.41, 5.74) is 4.70. The number of carbonyl (C=O) groups is 2. The van der Waals surface area contributed by atoms with Gasteiger partial charge < -0.3 is 5.32 Å². The molecule has 1 N–H and O–H groups in total.